The van der Waals surface area contributed by atoms with Crippen LogP contribution in [0.4, 0.5) is 0 Å². The highest BCUT2D eigenvalue weighted by molar-refractivity contribution is 6.31. The average molecular weight is 376 g/mol. The Kier molecular flexibility index (Phi) is 6.97. The van der Waals surface area contributed by atoms with Crippen molar-refractivity contribution >= 4 is 29.6 Å². The summed E-state index contributed by atoms with van der Waals surface area (Å²) in [6.07, 6.45) is 3.14. The molecule has 7 heteroatoms. The lowest BCUT2D eigenvalue weighted by Crippen LogP contribution is -2.24. The number of methoxy groups -OCH3 is 1. The lowest BCUT2D eigenvalue weighted by Gasteiger charge is -2.04. The fraction of sp³-hybridized carbons (Fsp3) is 0.316. The summed E-state index contributed by atoms with van der Waals surface area (Å²) in [4.78, 5) is 22.8. The Morgan fingerprint density at radius 3 is 2.62 bits per heavy atom. The van der Waals surface area contributed by atoms with Crippen molar-refractivity contribution in [1.29, 1.82) is 0 Å². The number of amides is 1. The zero-order valence-electron chi connectivity index (χ0n) is 15.1. The summed E-state index contributed by atoms with van der Waals surface area (Å²) < 4.78 is 6.22. The van der Waals surface area contributed by atoms with Gasteiger partial charge in [0, 0.05) is 18.2 Å². The molecule has 1 heterocycles. The second kappa shape index (κ2) is 9.20. The second-order valence-electron chi connectivity index (χ2n) is 5.88. The van der Waals surface area contributed by atoms with E-state index in [1.165, 1.54) is 18.7 Å². The standard InChI is InChI=1S/C19H22ClN3O3/c1-13-4-6-15(7-5-13)12-23-19(20)16(14(2)22-23)8-9-17(24)21-11-10-18(25)26-3/h4-9H,10-12H2,1-3H3,(H,21,24)/b9-8+. The lowest BCUT2D eigenvalue weighted by atomic mass is 10.1. The van der Waals surface area contributed by atoms with Crippen molar-refractivity contribution in [2.24, 2.45) is 0 Å². The minimum Gasteiger partial charge on any atom is -0.469 e. The maximum absolute atomic E-state index is 11.8. The number of hydrogen-bond acceptors (Lipinski definition) is 4. The van der Waals surface area contributed by atoms with Gasteiger partial charge in [-0.25, -0.2) is 4.68 Å². The van der Waals surface area contributed by atoms with Gasteiger partial charge in [-0.15, -0.1) is 0 Å². The summed E-state index contributed by atoms with van der Waals surface area (Å²) >= 11 is 6.42. The Hall–Kier alpha value is -2.60. The summed E-state index contributed by atoms with van der Waals surface area (Å²) in [5, 5.41) is 7.53. The average Bonchev–Trinajstić information content (AvgIpc) is 2.88. The molecule has 0 unspecified atom stereocenters. The third kappa shape index (κ3) is 5.46. The zero-order valence-corrected chi connectivity index (χ0v) is 15.8. The molecule has 0 aliphatic heterocycles. The minimum atomic E-state index is -0.370. The number of carbonyl (C=O) groups is 2. The molecule has 2 aromatic rings. The van der Waals surface area contributed by atoms with Crippen LogP contribution >= 0.6 is 11.6 Å². The summed E-state index contributed by atoms with van der Waals surface area (Å²) in [6.45, 7) is 4.65. The molecule has 0 bridgehead atoms. The third-order valence-corrected chi connectivity index (χ3v) is 4.22. The van der Waals surface area contributed by atoms with Crippen molar-refractivity contribution in [2.75, 3.05) is 13.7 Å². The molecular weight excluding hydrogens is 354 g/mol. The number of ether oxygens (including phenoxy) is 1. The molecule has 1 aromatic heterocycles. The van der Waals surface area contributed by atoms with E-state index in [-0.39, 0.29) is 24.8 Å². The van der Waals surface area contributed by atoms with Crippen LogP contribution < -0.4 is 5.32 Å². The molecule has 0 radical (unpaired) electrons. The number of halogens is 1. The van der Waals surface area contributed by atoms with Gasteiger partial charge in [0.2, 0.25) is 5.91 Å². The number of aryl methyl sites for hydroxylation is 2. The van der Waals surface area contributed by atoms with E-state index in [9.17, 15) is 9.59 Å². The predicted molar refractivity (Wildman–Crippen MR) is 101 cm³/mol. The van der Waals surface area contributed by atoms with Crippen LogP contribution in [0.25, 0.3) is 6.08 Å². The molecule has 2 rings (SSSR count). The molecule has 0 atom stereocenters. The molecule has 1 aromatic carbocycles. The van der Waals surface area contributed by atoms with Gasteiger partial charge in [-0.1, -0.05) is 41.4 Å². The number of rotatable bonds is 7. The molecule has 0 aliphatic rings. The van der Waals surface area contributed by atoms with Gasteiger partial charge in [-0.2, -0.15) is 5.10 Å². The molecule has 0 spiro atoms. The number of carbonyl (C=O) groups excluding carboxylic acids is 2. The highest BCUT2D eigenvalue weighted by Crippen LogP contribution is 2.22. The maximum atomic E-state index is 11.8. The normalized spacial score (nSPS) is 10.9. The van der Waals surface area contributed by atoms with Crippen LogP contribution in [-0.2, 0) is 20.9 Å². The van der Waals surface area contributed by atoms with Crippen LogP contribution in [-0.4, -0.2) is 35.3 Å². The molecule has 0 saturated heterocycles. The van der Waals surface area contributed by atoms with Crippen LogP contribution in [0.3, 0.4) is 0 Å². The highest BCUT2D eigenvalue weighted by atomic mass is 35.5. The molecule has 1 N–H and O–H groups in total. The second-order valence-corrected chi connectivity index (χ2v) is 6.24. The molecule has 0 saturated carbocycles. The smallest absolute Gasteiger partial charge is 0.307 e. The summed E-state index contributed by atoms with van der Waals surface area (Å²) in [7, 11) is 1.31. The first-order chi connectivity index (χ1) is 12.4. The van der Waals surface area contributed by atoms with Crippen molar-refractivity contribution in [3.8, 4) is 0 Å². The molecule has 26 heavy (non-hydrogen) atoms. The van der Waals surface area contributed by atoms with Gasteiger partial charge < -0.3 is 10.1 Å². The van der Waals surface area contributed by atoms with E-state index in [4.69, 9.17) is 11.6 Å². The van der Waals surface area contributed by atoms with E-state index in [1.54, 1.807) is 10.8 Å². The summed E-state index contributed by atoms with van der Waals surface area (Å²) in [6, 6.07) is 8.15. The fourth-order valence-electron chi connectivity index (χ4n) is 2.34. The number of esters is 1. The first-order valence-corrected chi connectivity index (χ1v) is 8.59. The SMILES string of the molecule is COC(=O)CCNC(=O)/C=C/c1c(C)nn(Cc2ccc(C)cc2)c1Cl. The Balaban J connectivity index is 2.01. The van der Waals surface area contributed by atoms with Gasteiger partial charge in [0.15, 0.2) is 0 Å². The summed E-state index contributed by atoms with van der Waals surface area (Å²) in [5.74, 6) is -0.679. The minimum absolute atomic E-state index is 0.129. The number of aromatic nitrogens is 2. The quantitative estimate of drug-likeness (QED) is 0.596. The Morgan fingerprint density at radius 1 is 1.27 bits per heavy atom. The Labute approximate surface area is 157 Å². The van der Waals surface area contributed by atoms with Gasteiger partial charge in [0.25, 0.3) is 0 Å². The van der Waals surface area contributed by atoms with Gasteiger partial charge in [-0.05, 0) is 25.5 Å². The molecular formula is C19H22ClN3O3. The number of nitrogens with zero attached hydrogens (tertiary/aromatic N) is 2. The van der Waals surface area contributed by atoms with E-state index in [0.717, 1.165) is 11.3 Å². The molecule has 138 valence electrons. The zero-order chi connectivity index (χ0) is 19.1. The van der Waals surface area contributed by atoms with Crippen LogP contribution in [0.5, 0.6) is 0 Å². The number of nitrogens with one attached hydrogen (secondary N) is 1. The molecule has 1 amide bonds. The number of benzene rings is 1. The Bertz CT molecular complexity index is 810. The van der Waals surface area contributed by atoms with E-state index in [0.29, 0.717) is 17.3 Å². The van der Waals surface area contributed by atoms with E-state index < -0.39 is 0 Å². The highest BCUT2D eigenvalue weighted by Gasteiger charge is 2.12. The predicted octanol–water partition coefficient (Wildman–Crippen LogP) is 2.89. The molecule has 0 fully saturated rings. The lowest BCUT2D eigenvalue weighted by molar-refractivity contribution is -0.140. The third-order valence-electron chi connectivity index (χ3n) is 3.82. The van der Waals surface area contributed by atoms with Crippen molar-refractivity contribution in [3.63, 3.8) is 0 Å². The van der Waals surface area contributed by atoms with Crippen LogP contribution in [0.1, 0.15) is 28.8 Å². The van der Waals surface area contributed by atoms with Gasteiger partial charge in [-0.3, -0.25) is 9.59 Å². The van der Waals surface area contributed by atoms with Crippen molar-refractivity contribution < 1.29 is 14.3 Å². The fourth-order valence-corrected chi connectivity index (χ4v) is 2.63. The molecule has 6 nitrogen and oxygen atoms in total. The summed E-state index contributed by atoms with van der Waals surface area (Å²) in [5.41, 5.74) is 3.72. The Morgan fingerprint density at radius 2 is 1.96 bits per heavy atom. The van der Waals surface area contributed by atoms with Crippen LogP contribution in [0, 0.1) is 13.8 Å². The van der Waals surface area contributed by atoms with Gasteiger partial charge >= 0.3 is 5.97 Å². The first kappa shape index (κ1) is 19.7. The van der Waals surface area contributed by atoms with E-state index >= 15 is 0 Å². The van der Waals surface area contributed by atoms with Gasteiger partial charge in [0.05, 0.1) is 25.8 Å². The maximum Gasteiger partial charge on any atom is 0.307 e. The largest absolute Gasteiger partial charge is 0.469 e. The van der Waals surface area contributed by atoms with Gasteiger partial charge in [0.1, 0.15) is 5.15 Å². The molecule has 0 aliphatic carbocycles. The number of hydrogen-bond donors (Lipinski definition) is 1. The van der Waals surface area contributed by atoms with Crippen molar-refractivity contribution in [3.05, 3.63) is 57.9 Å². The topological polar surface area (TPSA) is 73.2 Å². The van der Waals surface area contributed by atoms with Crippen molar-refractivity contribution in [1.82, 2.24) is 15.1 Å². The van der Waals surface area contributed by atoms with E-state index in [1.807, 2.05) is 38.1 Å². The van der Waals surface area contributed by atoms with Crippen LogP contribution in [0.2, 0.25) is 5.15 Å². The first-order valence-electron chi connectivity index (χ1n) is 8.22. The van der Waals surface area contributed by atoms with Crippen LogP contribution in [0.15, 0.2) is 30.3 Å². The van der Waals surface area contributed by atoms with E-state index in [2.05, 4.69) is 15.2 Å². The monoisotopic (exact) mass is 375 g/mol. The van der Waals surface area contributed by atoms with Crippen molar-refractivity contribution in [2.45, 2.75) is 26.8 Å².